The monoisotopic (exact) mass is 477 g/mol. The number of hydrogen-bond donors (Lipinski definition) is 2. The van der Waals surface area contributed by atoms with E-state index in [4.69, 9.17) is 11.6 Å². The number of hydrogen-bond acceptors (Lipinski definition) is 4. The molecule has 0 radical (unpaired) electrons. The van der Waals surface area contributed by atoms with Crippen molar-refractivity contribution in [3.8, 4) is 5.82 Å². The van der Waals surface area contributed by atoms with Gasteiger partial charge in [-0.25, -0.2) is 14.4 Å². The molecule has 2 amide bonds. The summed E-state index contributed by atoms with van der Waals surface area (Å²) in [6, 6.07) is 13.9. The van der Waals surface area contributed by atoms with Gasteiger partial charge in [-0.2, -0.15) is 0 Å². The van der Waals surface area contributed by atoms with E-state index in [-0.39, 0.29) is 5.02 Å². The lowest BCUT2D eigenvalue weighted by Gasteiger charge is -2.21. The maximum absolute atomic E-state index is 13.6. The van der Waals surface area contributed by atoms with E-state index < -0.39 is 23.7 Å². The van der Waals surface area contributed by atoms with Crippen molar-refractivity contribution in [2.24, 2.45) is 0 Å². The van der Waals surface area contributed by atoms with E-state index in [1.807, 2.05) is 38.1 Å². The highest BCUT2D eigenvalue weighted by Crippen LogP contribution is 2.29. The summed E-state index contributed by atoms with van der Waals surface area (Å²) in [7, 11) is 0. The first-order chi connectivity index (χ1) is 16.3. The number of anilines is 1. The summed E-state index contributed by atoms with van der Waals surface area (Å²) in [6.45, 7) is 3.78. The third kappa shape index (κ3) is 5.13. The van der Waals surface area contributed by atoms with Gasteiger partial charge in [0.1, 0.15) is 17.5 Å². The summed E-state index contributed by atoms with van der Waals surface area (Å²) in [6.07, 6.45) is 4.89. The lowest BCUT2D eigenvalue weighted by molar-refractivity contribution is -0.136. The Bertz CT molecular complexity index is 1340. The molecule has 4 aromatic rings. The quantitative estimate of drug-likeness (QED) is 0.413. The molecular formula is C25H21ClFN5O2. The smallest absolute Gasteiger partial charge is 0.313 e. The van der Waals surface area contributed by atoms with Crippen LogP contribution >= 0.6 is 11.6 Å². The Labute approximate surface area is 200 Å². The molecule has 0 aliphatic heterocycles. The Morgan fingerprint density at radius 2 is 1.76 bits per heavy atom. The van der Waals surface area contributed by atoms with Crippen LogP contribution in [0.3, 0.4) is 0 Å². The van der Waals surface area contributed by atoms with E-state index in [1.165, 1.54) is 24.4 Å². The molecule has 0 aliphatic rings. The maximum atomic E-state index is 13.6. The Morgan fingerprint density at radius 3 is 2.38 bits per heavy atom. The average molecular weight is 478 g/mol. The molecule has 172 valence electrons. The van der Waals surface area contributed by atoms with Crippen LogP contribution in [0.4, 0.5) is 10.1 Å². The minimum absolute atomic E-state index is 0.140. The van der Waals surface area contributed by atoms with Gasteiger partial charge in [0.25, 0.3) is 0 Å². The molecule has 0 aliphatic carbocycles. The van der Waals surface area contributed by atoms with Crippen LogP contribution in [0.1, 0.15) is 28.6 Å². The van der Waals surface area contributed by atoms with Crippen molar-refractivity contribution in [3.05, 3.63) is 107 Å². The SMILES string of the molecule is Cc1ccc(C(NC(=O)C(=O)Nc2ccc(-n3ccnc3C)nc2)c2ccc(F)cc2Cl)cc1. The number of rotatable bonds is 5. The summed E-state index contributed by atoms with van der Waals surface area (Å²) in [5.74, 6) is -0.848. The molecule has 2 heterocycles. The van der Waals surface area contributed by atoms with Crippen molar-refractivity contribution in [1.82, 2.24) is 19.9 Å². The number of nitrogens with one attached hydrogen (secondary N) is 2. The minimum Gasteiger partial charge on any atom is -0.337 e. The van der Waals surface area contributed by atoms with Crippen LogP contribution in [0.15, 0.2) is 73.2 Å². The summed E-state index contributed by atoms with van der Waals surface area (Å²) >= 11 is 6.26. The first-order valence-electron chi connectivity index (χ1n) is 10.4. The van der Waals surface area contributed by atoms with Gasteiger partial charge in [0, 0.05) is 17.4 Å². The fourth-order valence-corrected chi connectivity index (χ4v) is 3.72. The van der Waals surface area contributed by atoms with E-state index in [9.17, 15) is 14.0 Å². The predicted octanol–water partition coefficient (Wildman–Crippen LogP) is 4.52. The van der Waals surface area contributed by atoms with Gasteiger partial charge in [-0.1, -0.05) is 47.5 Å². The fourth-order valence-electron chi connectivity index (χ4n) is 3.44. The fraction of sp³-hybridized carbons (Fsp3) is 0.120. The van der Waals surface area contributed by atoms with E-state index in [2.05, 4.69) is 20.6 Å². The lowest BCUT2D eigenvalue weighted by Crippen LogP contribution is -2.38. The largest absolute Gasteiger partial charge is 0.337 e. The molecular weight excluding hydrogens is 457 g/mol. The molecule has 2 aromatic carbocycles. The highest BCUT2D eigenvalue weighted by atomic mass is 35.5. The number of carbonyl (C=O) groups is 2. The maximum Gasteiger partial charge on any atom is 0.313 e. The zero-order chi connectivity index (χ0) is 24.2. The van der Waals surface area contributed by atoms with Gasteiger partial charge in [0.2, 0.25) is 0 Å². The number of carbonyl (C=O) groups excluding carboxylic acids is 2. The van der Waals surface area contributed by atoms with Crippen LogP contribution in [-0.2, 0) is 9.59 Å². The first kappa shape index (κ1) is 23.1. The third-order valence-electron chi connectivity index (χ3n) is 5.24. The molecule has 0 bridgehead atoms. The van der Waals surface area contributed by atoms with Gasteiger partial charge in [0.15, 0.2) is 0 Å². The van der Waals surface area contributed by atoms with Gasteiger partial charge in [-0.3, -0.25) is 14.2 Å². The molecule has 4 rings (SSSR count). The number of benzene rings is 2. The Balaban J connectivity index is 1.52. The Hall–Kier alpha value is -4.04. The number of aromatic nitrogens is 3. The summed E-state index contributed by atoms with van der Waals surface area (Å²) in [5, 5.41) is 5.38. The van der Waals surface area contributed by atoms with Crippen molar-refractivity contribution in [1.29, 1.82) is 0 Å². The molecule has 1 unspecified atom stereocenters. The zero-order valence-corrected chi connectivity index (χ0v) is 19.2. The van der Waals surface area contributed by atoms with Crippen molar-refractivity contribution in [3.63, 3.8) is 0 Å². The average Bonchev–Trinajstić information content (AvgIpc) is 3.25. The number of amides is 2. The number of halogens is 2. The molecule has 0 fully saturated rings. The Morgan fingerprint density at radius 1 is 1.00 bits per heavy atom. The summed E-state index contributed by atoms with van der Waals surface area (Å²) in [5.41, 5.74) is 2.55. The van der Waals surface area contributed by atoms with E-state index in [0.29, 0.717) is 22.6 Å². The van der Waals surface area contributed by atoms with Crippen molar-refractivity contribution in [2.45, 2.75) is 19.9 Å². The van der Waals surface area contributed by atoms with Crippen LogP contribution in [0.5, 0.6) is 0 Å². The highest BCUT2D eigenvalue weighted by Gasteiger charge is 2.24. The second kappa shape index (κ2) is 9.84. The summed E-state index contributed by atoms with van der Waals surface area (Å²) in [4.78, 5) is 33.8. The van der Waals surface area contributed by atoms with Crippen LogP contribution < -0.4 is 10.6 Å². The van der Waals surface area contributed by atoms with Gasteiger partial charge in [-0.05, 0) is 49.2 Å². The zero-order valence-electron chi connectivity index (χ0n) is 18.4. The minimum atomic E-state index is -0.875. The van der Waals surface area contributed by atoms with E-state index in [1.54, 1.807) is 29.1 Å². The molecule has 1 atom stereocenters. The molecule has 9 heteroatoms. The van der Waals surface area contributed by atoms with Crippen LogP contribution in [0.25, 0.3) is 5.82 Å². The lowest BCUT2D eigenvalue weighted by atomic mass is 9.97. The van der Waals surface area contributed by atoms with Crippen molar-refractivity contribution < 1.29 is 14.0 Å². The molecule has 0 spiro atoms. The van der Waals surface area contributed by atoms with E-state index >= 15 is 0 Å². The predicted molar refractivity (Wildman–Crippen MR) is 127 cm³/mol. The van der Waals surface area contributed by atoms with E-state index in [0.717, 1.165) is 11.4 Å². The molecule has 0 saturated heterocycles. The molecule has 34 heavy (non-hydrogen) atoms. The normalized spacial score (nSPS) is 11.6. The van der Waals surface area contributed by atoms with Crippen LogP contribution in [0, 0.1) is 19.7 Å². The number of pyridine rings is 1. The molecule has 7 nitrogen and oxygen atoms in total. The van der Waals surface area contributed by atoms with Crippen molar-refractivity contribution in [2.75, 3.05) is 5.32 Å². The van der Waals surface area contributed by atoms with Gasteiger partial charge >= 0.3 is 11.8 Å². The highest BCUT2D eigenvalue weighted by molar-refractivity contribution is 6.39. The van der Waals surface area contributed by atoms with Crippen LogP contribution in [0.2, 0.25) is 5.02 Å². The number of imidazole rings is 1. The van der Waals surface area contributed by atoms with Gasteiger partial charge in [-0.15, -0.1) is 0 Å². The second-order valence-corrected chi connectivity index (χ2v) is 8.09. The van der Waals surface area contributed by atoms with Crippen LogP contribution in [-0.4, -0.2) is 26.3 Å². The molecule has 2 N–H and O–H groups in total. The Kier molecular flexibility index (Phi) is 6.70. The number of aryl methyl sites for hydroxylation is 2. The summed E-state index contributed by atoms with van der Waals surface area (Å²) < 4.78 is 15.4. The van der Waals surface area contributed by atoms with Crippen molar-refractivity contribution >= 4 is 29.1 Å². The molecule has 2 aromatic heterocycles. The van der Waals surface area contributed by atoms with Gasteiger partial charge < -0.3 is 10.6 Å². The molecule has 0 saturated carbocycles. The topological polar surface area (TPSA) is 88.9 Å². The van der Waals surface area contributed by atoms with Gasteiger partial charge in [0.05, 0.1) is 17.9 Å². The number of nitrogens with zero attached hydrogens (tertiary/aromatic N) is 3. The standard InChI is InChI=1S/C25H21ClFN5O2/c1-15-3-5-17(6-4-15)23(20-9-7-18(27)13-21(20)26)31-25(34)24(33)30-19-8-10-22(29-14-19)32-12-11-28-16(32)2/h3-14,23H,1-2H3,(H,30,33)(H,31,34). The first-order valence-corrected chi connectivity index (χ1v) is 10.8. The third-order valence-corrected chi connectivity index (χ3v) is 5.57. The second-order valence-electron chi connectivity index (χ2n) is 7.69.